The Kier molecular flexibility index (Phi) is 3.16. The van der Waals surface area contributed by atoms with Crippen molar-refractivity contribution in [3.63, 3.8) is 0 Å². The summed E-state index contributed by atoms with van der Waals surface area (Å²) < 4.78 is 1.93. The van der Waals surface area contributed by atoms with Crippen LogP contribution in [0, 0.1) is 0 Å². The largest absolute Gasteiger partial charge is 0.369 e. The van der Waals surface area contributed by atoms with E-state index in [-0.39, 0.29) is 0 Å². The van der Waals surface area contributed by atoms with Crippen molar-refractivity contribution in [2.24, 2.45) is 0 Å². The third-order valence-corrected chi connectivity index (χ3v) is 5.05. The predicted octanol–water partition coefficient (Wildman–Crippen LogP) is 4.17. The van der Waals surface area contributed by atoms with Crippen molar-refractivity contribution in [2.45, 2.75) is 19.4 Å². The molecule has 2 aromatic heterocycles. The predicted molar refractivity (Wildman–Crippen MR) is 84.7 cm³/mol. The Morgan fingerprint density at radius 1 is 1.25 bits per heavy atom. The molecule has 1 aromatic carbocycles. The SMILES string of the molecule is CC(C)(c1nccs1)n1c(N)nc2cc(Cl)c(Cl)cc21. The smallest absolute Gasteiger partial charge is 0.202 e. The molecule has 20 heavy (non-hydrogen) atoms. The summed E-state index contributed by atoms with van der Waals surface area (Å²) in [7, 11) is 0. The van der Waals surface area contributed by atoms with Crippen LogP contribution in [0.2, 0.25) is 10.0 Å². The Morgan fingerprint density at radius 2 is 1.95 bits per heavy atom. The van der Waals surface area contributed by atoms with Crippen molar-refractivity contribution in [1.29, 1.82) is 0 Å². The third kappa shape index (κ3) is 1.97. The molecule has 3 aromatic rings. The van der Waals surface area contributed by atoms with Gasteiger partial charge in [0.15, 0.2) is 0 Å². The average Bonchev–Trinajstić information content (AvgIpc) is 2.97. The van der Waals surface area contributed by atoms with Gasteiger partial charge in [-0.2, -0.15) is 0 Å². The fraction of sp³-hybridized carbons (Fsp3) is 0.231. The summed E-state index contributed by atoms with van der Waals surface area (Å²) in [6.07, 6.45) is 1.78. The summed E-state index contributed by atoms with van der Waals surface area (Å²) in [6.45, 7) is 4.09. The van der Waals surface area contributed by atoms with E-state index in [2.05, 4.69) is 9.97 Å². The molecule has 0 aliphatic carbocycles. The van der Waals surface area contributed by atoms with Gasteiger partial charge in [-0.25, -0.2) is 9.97 Å². The molecule has 0 spiro atoms. The molecule has 0 saturated carbocycles. The molecule has 0 unspecified atom stereocenters. The molecule has 0 saturated heterocycles. The summed E-state index contributed by atoms with van der Waals surface area (Å²) in [5.74, 6) is 0.415. The molecule has 2 N–H and O–H groups in total. The Hall–Kier alpha value is -1.30. The van der Waals surface area contributed by atoms with E-state index in [1.165, 1.54) is 0 Å². The van der Waals surface area contributed by atoms with Crippen LogP contribution in [0.4, 0.5) is 5.95 Å². The molecule has 0 radical (unpaired) electrons. The molecule has 2 heterocycles. The molecule has 0 amide bonds. The molecule has 104 valence electrons. The second-order valence-electron chi connectivity index (χ2n) is 4.96. The Bertz CT molecular complexity index is 777. The first-order chi connectivity index (χ1) is 9.41. The molecule has 0 aliphatic rings. The van der Waals surface area contributed by atoms with E-state index in [9.17, 15) is 0 Å². The molecular formula is C13H12Cl2N4S. The molecule has 0 fully saturated rings. The number of thiazole rings is 1. The summed E-state index contributed by atoms with van der Waals surface area (Å²) in [5.41, 5.74) is 7.24. The normalized spacial score (nSPS) is 12.2. The number of imidazole rings is 1. The van der Waals surface area contributed by atoms with Crippen molar-refractivity contribution >= 4 is 51.5 Å². The number of nitrogens with two attached hydrogens (primary N) is 1. The second-order valence-corrected chi connectivity index (χ2v) is 6.67. The molecule has 4 nitrogen and oxygen atoms in total. The highest BCUT2D eigenvalue weighted by Gasteiger charge is 2.30. The lowest BCUT2D eigenvalue weighted by Gasteiger charge is -2.26. The van der Waals surface area contributed by atoms with Gasteiger partial charge in [-0.1, -0.05) is 23.2 Å². The minimum absolute atomic E-state index is 0.413. The second kappa shape index (κ2) is 4.62. The summed E-state index contributed by atoms with van der Waals surface area (Å²) >= 11 is 13.7. The average molecular weight is 327 g/mol. The number of rotatable bonds is 2. The number of aromatic nitrogens is 3. The molecular weight excluding hydrogens is 315 g/mol. The van der Waals surface area contributed by atoms with Crippen molar-refractivity contribution in [3.05, 3.63) is 38.8 Å². The first kappa shape index (κ1) is 13.7. The monoisotopic (exact) mass is 326 g/mol. The van der Waals surface area contributed by atoms with E-state index in [0.29, 0.717) is 16.0 Å². The molecule has 0 bridgehead atoms. The number of benzene rings is 1. The highest BCUT2D eigenvalue weighted by Crippen LogP contribution is 2.36. The maximum absolute atomic E-state index is 6.12. The lowest BCUT2D eigenvalue weighted by Crippen LogP contribution is -2.28. The maximum atomic E-state index is 6.12. The van der Waals surface area contributed by atoms with Gasteiger partial charge in [-0.3, -0.25) is 4.57 Å². The zero-order valence-electron chi connectivity index (χ0n) is 10.9. The van der Waals surface area contributed by atoms with E-state index in [1.807, 2.05) is 23.8 Å². The number of fused-ring (bicyclic) bond motifs is 1. The Labute approximate surface area is 130 Å². The van der Waals surface area contributed by atoms with E-state index < -0.39 is 5.54 Å². The number of hydrogen-bond donors (Lipinski definition) is 1. The van der Waals surface area contributed by atoms with Crippen molar-refractivity contribution in [2.75, 3.05) is 5.73 Å². The van der Waals surface area contributed by atoms with Crippen molar-refractivity contribution in [1.82, 2.24) is 14.5 Å². The quantitative estimate of drug-likeness (QED) is 0.769. The van der Waals surface area contributed by atoms with Gasteiger partial charge >= 0.3 is 0 Å². The molecule has 0 aliphatic heterocycles. The van der Waals surface area contributed by atoms with Crippen LogP contribution < -0.4 is 5.73 Å². The van der Waals surface area contributed by atoms with Crippen LogP contribution in [-0.4, -0.2) is 14.5 Å². The van der Waals surface area contributed by atoms with E-state index in [4.69, 9.17) is 28.9 Å². The van der Waals surface area contributed by atoms with Crippen molar-refractivity contribution in [3.8, 4) is 0 Å². The molecule has 0 atom stereocenters. The van der Waals surface area contributed by atoms with Crippen LogP contribution in [0.5, 0.6) is 0 Å². The number of halogens is 2. The van der Waals surface area contributed by atoms with Crippen LogP contribution >= 0.6 is 34.5 Å². The third-order valence-electron chi connectivity index (χ3n) is 3.24. The summed E-state index contributed by atoms with van der Waals surface area (Å²) in [5, 5.41) is 3.84. The highest BCUT2D eigenvalue weighted by molar-refractivity contribution is 7.09. The highest BCUT2D eigenvalue weighted by atomic mass is 35.5. The van der Waals surface area contributed by atoms with Gasteiger partial charge < -0.3 is 5.73 Å². The van der Waals surface area contributed by atoms with Crippen LogP contribution in [0.3, 0.4) is 0 Å². The van der Waals surface area contributed by atoms with Crippen molar-refractivity contribution < 1.29 is 0 Å². The lowest BCUT2D eigenvalue weighted by molar-refractivity contribution is 0.453. The fourth-order valence-electron chi connectivity index (χ4n) is 2.30. The standard InChI is InChI=1S/C13H12Cl2N4S/c1-13(2,11-17-3-4-20-11)19-10-6-8(15)7(14)5-9(10)18-12(19)16/h3-6H,1-2H3,(H2,16,18). The van der Waals surface area contributed by atoms with Crippen LogP contribution in [-0.2, 0) is 5.54 Å². The van der Waals surface area contributed by atoms with E-state index in [0.717, 1.165) is 16.0 Å². The van der Waals surface area contributed by atoms with Crippen LogP contribution in [0.25, 0.3) is 11.0 Å². The topological polar surface area (TPSA) is 56.7 Å². The molecule has 3 rings (SSSR count). The number of nitrogen functional groups attached to an aromatic ring is 1. The lowest BCUT2D eigenvalue weighted by atomic mass is 10.1. The first-order valence-electron chi connectivity index (χ1n) is 5.94. The number of hydrogen-bond acceptors (Lipinski definition) is 4. The van der Waals surface area contributed by atoms with Gasteiger partial charge in [0.2, 0.25) is 5.95 Å². The van der Waals surface area contributed by atoms with Gasteiger partial charge in [0.1, 0.15) is 5.01 Å². The van der Waals surface area contributed by atoms with Gasteiger partial charge in [0.25, 0.3) is 0 Å². The minimum atomic E-state index is -0.413. The van der Waals surface area contributed by atoms with Crippen LogP contribution in [0.1, 0.15) is 18.9 Å². The van der Waals surface area contributed by atoms with E-state index >= 15 is 0 Å². The van der Waals surface area contributed by atoms with Gasteiger partial charge in [-0.15, -0.1) is 11.3 Å². The minimum Gasteiger partial charge on any atom is -0.369 e. The number of nitrogens with zero attached hydrogens (tertiary/aromatic N) is 3. The first-order valence-corrected chi connectivity index (χ1v) is 7.58. The van der Waals surface area contributed by atoms with Crippen LogP contribution in [0.15, 0.2) is 23.7 Å². The molecule has 7 heteroatoms. The summed E-state index contributed by atoms with van der Waals surface area (Å²) in [4.78, 5) is 8.75. The number of anilines is 1. The maximum Gasteiger partial charge on any atom is 0.202 e. The van der Waals surface area contributed by atoms with Gasteiger partial charge in [-0.05, 0) is 26.0 Å². The Morgan fingerprint density at radius 3 is 2.60 bits per heavy atom. The van der Waals surface area contributed by atoms with E-state index in [1.54, 1.807) is 29.7 Å². The summed E-state index contributed by atoms with van der Waals surface area (Å²) in [6, 6.07) is 3.52. The Balaban J connectivity index is 2.31. The van der Waals surface area contributed by atoms with Gasteiger partial charge in [0, 0.05) is 11.6 Å². The van der Waals surface area contributed by atoms with Gasteiger partial charge in [0.05, 0.1) is 26.6 Å². The zero-order chi connectivity index (χ0) is 14.5. The fourth-order valence-corrected chi connectivity index (χ4v) is 3.37. The zero-order valence-corrected chi connectivity index (χ0v) is 13.2.